The molecule has 1 saturated heterocycles. The van der Waals surface area contributed by atoms with Gasteiger partial charge in [0, 0.05) is 6.54 Å². The van der Waals surface area contributed by atoms with Crippen molar-refractivity contribution in [3.63, 3.8) is 0 Å². The summed E-state index contributed by atoms with van der Waals surface area (Å²) >= 11 is 0. The van der Waals surface area contributed by atoms with Crippen molar-refractivity contribution in [2.24, 2.45) is 0 Å². The molecule has 1 aromatic carbocycles. The van der Waals surface area contributed by atoms with Gasteiger partial charge in [0.25, 0.3) is 0 Å². The minimum absolute atomic E-state index is 0.195. The fourth-order valence-electron chi connectivity index (χ4n) is 2.27. The van der Waals surface area contributed by atoms with E-state index in [4.69, 9.17) is 0 Å². The Morgan fingerprint density at radius 3 is 1.91 bits per heavy atom. The fraction of sp³-hybridized carbons (Fsp3) is 0.500. The molecule has 22 heavy (non-hydrogen) atoms. The molecular weight excluding hydrogens is 309 g/mol. The van der Waals surface area contributed by atoms with E-state index in [1.807, 2.05) is 4.90 Å². The van der Waals surface area contributed by atoms with E-state index < -0.39 is 40.8 Å². The van der Waals surface area contributed by atoms with Gasteiger partial charge in [0.15, 0.2) is 0 Å². The molecule has 0 atom stereocenters. The summed E-state index contributed by atoms with van der Waals surface area (Å²) in [6, 6.07) is 0. The molecule has 0 amide bonds. The van der Waals surface area contributed by atoms with E-state index in [-0.39, 0.29) is 6.42 Å². The van der Waals surface area contributed by atoms with Crippen LogP contribution in [0.15, 0.2) is 0 Å². The first-order valence-corrected chi connectivity index (χ1v) is 6.86. The number of piperidine rings is 1. The lowest BCUT2D eigenvalue weighted by Crippen LogP contribution is -2.32. The first kappa shape index (κ1) is 16.7. The average Bonchev–Trinajstić information content (AvgIpc) is 2.54. The van der Waals surface area contributed by atoms with Crippen molar-refractivity contribution in [3.05, 3.63) is 29.1 Å². The van der Waals surface area contributed by atoms with Gasteiger partial charge in [0.2, 0.25) is 34.8 Å². The molecule has 8 heteroatoms. The fourth-order valence-corrected chi connectivity index (χ4v) is 2.27. The standard InChI is InChI=1S/C14H14F5NO2/c15-9-10(16)12(18)14(13(19)11(9)17)22-8(21)4-7-20-5-2-1-3-6-20/h1-7H2. The van der Waals surface area contributed by atoms with Gasteiger partial charge in [-0.1, -0.05) is 6.42 Å². The molecule has 1 aromatic rings. The highest BCUT2D eigenvalue weighted by Gasteiger charge is 2.28. The Kier molecular flexibility index (Phi) is 5.33. The maximum Gasteiger partial charge on any atom is 0.312 e. The zero-order valence-electron chi connectivity index (χ0n) is 11.6. The molecule has 0 aromatic heterocycles. The largest absolute Gasteiger partial charge is 0.420 e. The van der Waals surface area contributed by atoms with Crippen LogP contribution in [0.4, 0.5) is 22.0 Å². The molecule has 1 heterocycles. The van der Waals surface area contributed by atoms with Crippen LogP contribution in [0.25, 0.3) is 0 Å². The summed E-state index contributed by atoms with van der Waals surface area (Å²) in [4.78, 5) is 13.5. The number of likely N-dealkylation sites (tertiary alicyclic amines) is 1. The Labute approximate surface area is 123 Å². The Morgan fingerprint density at radius 2 is 1.36 bits per heavy atom. The summed E-state index contributed by atoms with van der Waals surface area (Å²) < 4.78 is 69.8. The molecule has 0 unspecified atom stereocenters. The normalized spacial score (nSPS) is 15.9. The number of nitrogens with zero attached hydrogens (tertiary/aromatic N) is 1. The van der Waals surface area contributed by atoms with Gasteiger partial charge in [0.1, 0.15) is 0 Å². The van der Waals surface area contributed by atoms with Gasteiger partial charge in [-0.25, -0.2) is 13.2 Å². The molecule has 0 aliphatic carbocycles. The van der Waals surface area contributed by atoms with Gasteiger partial charge < -0.3 is 9.64 Å². The minimum atomic E-state index is -2.29. The number of hydrogen-bond acceptors (Lipinski definition) is 3. The van der Waals surface area contributed by atoms with Crippen LogP contribution in [0.1, 0.15) is 25.7 Å². The lowest BCUT2D eigenvalue weighted by molar-refractivity contribution is -0.135. The first-order chi connectivity index (χ1) is 10.4. The summed E-state index contributed by atoms with van der Waals surface area (Å²) in [6.07, 6.45) is 2.89. The van der Waals surface area contributed by atoms with Gasteiger partial charge in [-0.3, -0.25) is 4.79 Å². The molecule has 0 spiro atoms. The predicted octanol–water partition coefficient (Wildman–Crippen LogP) is 3.16. The maximum atomic E-state index is 13.3. The topological polar surface area (TPSA) is 29.5 Å². The Bertz CT molecular complexity index is 544. The maximum absolute atomic E-state index is 13.3. The van der Waals surface area contributed by atoms with Crippen molar-refractivity contribution in [1.29, 1.82) is 0 Å². The summed E-state index contributed by atoms with van der Waals surface area (Å²) in [6.45, 7) is 1.92. The van der Waals surface area contributed by atoms with Crippen molar-refractivity contribution in [3.8, 4) is 5.75 Å². The zero-order chi connectivity index (χ0) is 16.3. The summed E-state index contributed by atoms with van der Waals surface area (Å²) in [5, 5.41) is 0. The van der Waals surface area contributed by atoms with Crippen LogP contribution in [-0.4, -0.2) is 30.5 Å². The van der Waals surface area contributed by atoms with E-state index in [2.05, 4.69) is 4.74 Å². The summed E-state index contributed by atoms with van der Waals surface area (Å²) in [5.74, 6) is -13.5. The molecule has 2 rings (SSSR count). The van der Waals surface area contributed by atoms with E-state index in [1.165, 1.54) is 0 Å². The van der Waals surface area contributed by atoms with E-state index >= 15 is 0 Å². The molecule has 0 N–H and O–H groups in total. The Hall–Kier alpha value is -1.70. The first-order valence-electron chi connectivity index (χ1n) is 6.86. The highest BCUT2D eigenvalue weighted by Crippen LogP contribution is 2.29. The Balaban J connectivity index is 2.02. The molecule has 0 saturated carbocycles. The SMILES string of the molecule is O=C(CCN1CCCCC1)Oc1c(F)c(F)c(F)c(F)c1F. The lowest BCUT2D eigenvalue weighted by atomic mass is 10.1. The van der Waals surface area contributed by atoms with E-state index in [0.29, 0.717) is 6.54 Å². The number of carbonyl (C=O) groups is 1. The smallest absolute Gasteiger partial charge is 0.312 e. The van der Waals surface area contributed by atoms with Crippen LogP contribution in [0.5, 0.6) is 5.75 Å². The monoisotopic (exact) mass is 323 g/mol. The van der Waals surface area contributed by atoms with Crippen molar-refractivity contribution in [2.75, 3.05) is 19.6 Å². The van der Waals surface area contributed by atoms with E-state index in [9.17, 15) is 26.7 Å². The second-order valence-corrected chi connectivity index (χ2v) is 5.03. The van der Waals surface area contributed by atoms with Crippen molar-refractivity contribution < 1.29 is 31.5 Å². The van der Waals surface area contributed by atoms with Gasteiger partial charge in [-0.2, -0.15) is 8.78 Å². The zero-order valence-corrected chi connectivity index (χ0v) is 11.6. The quantitative estimate of drug-likeness (QED) is 0.280. The summed E-state index contributed by atoms with van der Waals surface area (Å²) in [7, 11) is 0. The molecule has 122 valence electrons. The minimum Gasteiger partial charge on any atom is -0.420 e. The van der Waals surface area contributed by atoms with Gasteiger partial charge in [-0.05, 0) is 25.9 Å². The van der Waals surface area contributed by atoms with E-state index in [0.717, 1.165) is 32.4 Å². The Morgan fingerprint density at radius 1 is 0.864 bits per heavy atom. The highest BCUT2D eigenvalue weighted by atomic mass is 19.2. The number of carbonyl (C=O) groups excluding carboxylic acids is 1. The lowest BCUT2D eigenvalue weighted by Gasteiger charge is -2.25. The third kappa shape index (κ3) is 3.55. The van der Waals surface area contributed by atoms with Crippen LogP contribution in [-0.2, 0) is 4.79 Å². The van der Waals surface area contributed by atoms with Crippen LogP contribution in [0.2, 0.25) is 0 Å². The third-order valence-corrected chi connectivity index (χ3v) is 3.47. The van der Waals surface area contributed by atoms with Gasteiger partial charge in [-0.15, -0.1) is 0 Å². The number of halogens is 5. The molecule has 1 aliphatic rings. The van der Waals surface area contributed by atoms with Crippen molar-refractivity contribution in [2.45, 2.75) is 25.7 Å². The predicted molar refractivity (Wildman–Crippen MR) is 66.8 cm³/mol. The van der Waals surface area contributed by atoms with E-state index in [1.54, 1.807) is 0 Å². The molecular formula is C14H14F5NO2. The highest BCUT2D eigenvalue weighted by molar-refractivity contribution is 5.72. The third-order valence-electron chi connectivity index (χ3n) is 3.47. The number of hydrogen-bond donors (Lipinski definition) is 0. The molecule has 0 bridgehead atoms. The second-order valence-electron chi connectivity index (χ2n) is 5.03. The second kappa shape index (κ2) is 7.04. The molecule has 0 radical (unpaired) electrons. The number of benzene rings is 1. The number of ether oxygens (including phenoxy) is 1. The number of rotatable bonds is 4. The van der Waals surface area contributed by atoms with Gasteiger partial charge in [0.05, 0.1) is 6.42 Å². The van der Waals surface area contributed by atoms with Crippen LogP contribution < -0.4 is 4.74 Å². The molecule has 3 nitrogen and oxygen atoms in total. The van der Waals surface area contributed by atoms with Crippen LogP contribution in [0, 0.1) is 29.1 Å². The van der Waals surface area contributed by atoms with Crippen molar-refractivity contribution in [1.82, 2.24) is 4.90 Å². The van der Waals surface area contributed by atoms with Crippen molar-refractivity contribution >= 4 is 5.97 Å². The number of esters is 1. The molecule has 1 aliphatic heterocycles. The average molecular weight is 323 g/mol. The van der Waals surface area contributed by atoms with Gasteiger partial charge >= 0.3 is 5.97 Å². The summed E-state index contributed by atoms with van der Waals surface area (Å²) in [5.41, 5.74) is 0. The van der Waals surface area contributed by atoms with Crippen LogP contribution in [0.3, 0.4) is 0 Å². The molecule has 1 fully saturated rings. The van der Waals surface area contributed by atoms with Crippen LogP contribution >= 0.6 is 0 Å².